The minimum atomic E-state index is -0.195. The van der Waals surface area contributed by atoms with E-state index in [9.17, 15) is 9.59 Å². The highest BCUT2D eigenvalue weighted by Gasteiger charge is 2.28. The Hall–Kier alpha value is -3.94. The van der Waals surface area contributed by atoms with Gasteiger partial charge in [0, 0.05) is 37.6 Å². The van der Waals surface area contributed by atoms with E-state index in [1.807, 2.05) is 42.5 Å². The molecule has 8 heteroatoms. The molecule has 3 aromatic rings. The predicted molar refractivity (Wildman–Crippen MR) is 123 cm³/mol. The highest BCUT2D eigenvalue weighted by Crippen LogP contribution is 2.25. The molecule has 2 aromatic heterocycles. The number of hydrogen-bond donors (Lipinski definition) is 1. The molecule has 170 valence electrons. The van der Waals surface area contributed by atoms with E-state index in [0.717, 1.165) is 5.56 Å². The van der Waals surface area contributed by atoms with Gasteiger partial charge in [0.1, 0.15) is 12.4 Å². The molecule has 33 heavy (non-hydrogen) atoms. The van der Waals surface area contributed by atoms with Crippen LogP contribution in [0.2, 0.25) is 0 Å². The molecule has 0 atom stereocenters. The summed E-state index contributed by atoms with van der Waals surface area (Å²) >= 11 is 0. The molecular weight excluding hydrogens is 420 g/mol. The molecule has 0 spiro atoms. The zero-order valence-corrected chi connectivity index (χ0v) is 18.2. The number of pyridine rings is 2. The van der Waals surface area contributed by atoms with Crippen molar-refractivity contribution in [1.29, 1.82) is 0 Å². The molecule has 1 N–H and O–H groups in total. The largest absolute Gasteiger partial charge is 0.485 e. The number of ether oxygens (including phenoxy) is 2. The topological polar surface area (TPSA) is 93.6 Å². The first-order valence-corrected chi connectivity index (χ1v) is 10.9. The van der Waals surface area contributed by atoms with Gasteiger partial charge in [0.05, 0.1) is 0 Å². The summed E-state index contributed by atoms with van der Waals surface area (Å²) in [4.78, 5) is 35.3. The van der Waals surface area contributed by atoms with Crippen molar-refractivity contribution in [3.63, 3.8) is 0 Å². The molecule has 1 fully saturated rings. The third kappa shape index (κ3) is 6.29. The molecule has 1 aromatic carbocycles. The number of carbonyl (C=O) groups is 2. The van der Waals surface area contributed by atoms with Crippen LogP contribution in [0, 0.1) is 5.92 Å². The second-order valence-corrected chi connectivity index (χ2v) is 7.74. The number of amides is 2. The minimum absolute atomic E-state index is 0.00696. The number of piperidine rings is 1. The molecule has 0 saturated carbocycles. The average Bonchev–Trinajstić information content (AvgIpc) is 2.88. The van der Waals surface area contributed by atoms with Gasteiger partial charge >= 0.3 is 0 Å². The molecule has 0 radical (unpaired) electrons. The lowest BCUT2D eigenvalue weighted by molar-refractivity contribution is -0.136. The fraction of sp³-hybridized carbons (Fsp3) is 0.280. The van der Waals surface area contributed by atoms with Crippen LogP contribution in [0.25, 0.3) is 0 Å². The Morgan fingerprint density at radius 1 is 0.939 bits per heavy atom. The maximum Gasteiger partial charge on any atom is 0.260 e. The van der Waals surface area contributed by atoms with E-state index in [1.165, 1.54) is 0 Å². The third-order valence-corrected chi connectivity index (χ3v) is 5.48. The number of carbonyl (C=O) groups excluding carboxylic acids is 2. The second kappa shape index (κ2) is 11.1. The number of rotatable bonds is 8. The van der Waals surface area contributed by atoms with Crippen molar-refractivity contribution in [2.75, 3.05) is 25.0 Å². The summed E-state index contributed by atoms with van der Waals surface area (Å²) in [5, 5.41) is 2.89. The minimum Gasteiger partial charge on any atom is -0.485 e. The van der Waals surface area contributed by atoms with Gasteiger partial charge in [0.25, 0.3) is 5.91 Å². The van der Waals surface area contributed by atoms with Gasteiger partial charge in [-0.1, -0.05) is 18.2 Å². The standard InChI is InChI=1S/C25H26N4O4/c30-23(18-32-21-5-2-1-3-6-21)29-15-10-20(11-16-29)25(31)28-24-22(7-4-12-27-24)33-17-19-8-13-26-14-9-19/h1-9,12-14,20H,10-11,15-18H2,(H,27,28,31). The Bertz CT molecular complexity index is 1050. The highest BCUT2D eigenvalue weighted by molar-refractivity contribution is 5.93. The molecule has 3 heterocycles. The van der Waals surface area contributed by atoms with Crippen molar-refractivity contribution in [3.05, 3.63) is 78.8 Å². The highest BCUT2D eigenvalue weighted by atomic mass is 16.5. The lowest BCUT2D eigenvalue weighted by Crippen LogP contribution is -2.43. The maximum absolute atomic E-state index is 12.8. The fourth-order valence-electron chi connectivity index (χ4n) is 3.60. The monoisotopic (exact) mass is 446 g/mol. The Balaban J connectivity index is 1.26. The van der Waals surface area contributed by atoms with Crippen molar-refractivity contribution < 1.29 is 19.1 Å². The van der Waals surface area contributed by atoms with Crippen molar-refractivity contribution in [3.8, 4) is 11.5 Å². The van der Waals surface area contributed by atoms with E-state index in [0.29, 0.717) is 49.9 Å². The number of aromatic nitrogens is 2. The van der Waals surface area contributed by atoms with E-state index >= 15 is 0 Å². The number of para-hydroxylation sites is 1. The molecule has 4 rings (SSSR count). The Morgan fingerprint density at radius 2 is 1.70 bits per heavy atom. The van der Waals surface area contributed by atoms with Gasteiger partial charge in [0.2, 0.25) is 5.91 Å². The molecule has 2 amide bonds. The van der Waals surface area contributed by atoms with Gasteiger partial charge in [-0.3, -0.25) is 14.6 Å². The van der Waals surface area contributed by atoms with Crippen LogP contribution in [0.1, 0.15) is 18.4 Å². The quantitative estimate of drug-likeness (QED) is 0.571. The van der Waals surface area contributed by atoms with Gasteiger partial charge in [-0.05, 0) is 54.8 Å². The van der Waals surface area contributed by atoms with Crippen LogP contribution < -0.4 is 14.8 Å². The van der Waals surface area contributed by atoms with Crippen LogP contribution in [0.15, 0.2) is 73.2 Å². The zero-order valence-electron chi connectivity index (χ0n) is 18.2. The number of anilines is 1. The summed E-state index contributed by atoms with van der Waals surface area (Å²) in [6.45, 7) is 1.38. The lowest BCUT2D eigenvalue weighted by Gasteiger charge is -2.31. The molecular formula is C25H26N4O4. The van der Waals surface area contributed by atoms with Gasteiger partial charge in [0.15, 0.2) is 18.2 Å². The van der Waals surface area contributed by atoms with Crippen LogP contribution in [0.4, 0.5) is 5.82 Å². The summed E-state index contributed by atoms with van der Waals surface area (Å²) in [5.41, 5.74) is 0.972. The fourth-order valence-corrected chi connectivity index (χ4v) is 3.60. The molecule has 1 aliphatic heterocycles. The average molecular weight is 447 g/mol. The van der Waals surface area contributed by atoms with E-state index in [2.05, 4.69) is 15.3 Å². The summed E-state index contributed by atoms with van der Waals surface area (Å²) in [7, 11) is 0. The van der Waals surface area contributed by atoms with Crippen LogP contribution in [0.3, 0.4) is 0 Å². The third-order valence-electron chi connectivity index (χ3n) is 5.48. The first-order valence-electron chi connectivity index (χ1n) is 10.9. The Morgan fingerprint density at radius 3 is 2.45 bits per heavy atom. The lowest BCUT2D eigenvalue weighted by atomic mass is 9.96. The maximum atomic E-state index is 12.8. The number of nitrogens with zero attached hydrogens (tertiary/aromatic N) is 3. The van der Waals surface area contributed by atoms with Crippen LogP contribution >= 0.6 is 0 Å². The van der Waals surface area contributed by atoms with Crippen molar-refractivity contribution in [1.82, 2.24) is 14.9 Å². The van der Waals surface area contributed by atoms with Gasteiger partial charge in [-0.25, -0.2) is 4.98 Å². The normalized spacial score (nSPS) is 13.9. The van der Waals surface area contributed by atoms with E-state index in [4.69, 9.17) is 9.47 Å². The summed E-state index contributed by atoms with van der Waals surface area (Å²) in [5.74, 6) is 1.18. The predicted octanol–water partition coefficient (Wildman–Crippen LogP) is 3.31. The first-order chi connectivity index (χ1) is 16.2. The van der Waals surface area contributed by atoms with Gasteiger partial charge in [-0.15, -0.1) is 0 Å². The molecule has 1 aliphatic rings. The molecule has 0 unspecified atom stereocenters. The molecule has 8 nitrogen and oxygen atoms in total. The van der Waals surface area contributed by atoms with Gasteiger partial charge in [-0.2, -0.15) is 0 Å². The van der Waals surface area contributed by atoms with Crippen molar-refractivity contribution >= 4 is 17.6 Å². The SMILES string of the molecule is O=C(Nc1ncccc1OCc1ccncc1)C1CCN(C(=O)COc2ccccc2)CC1. The van der Waals surface area contributed by atoms with Crippen molar-refractivity contribution in [2.45, 2.75) is 19.4 Å². The van der Waals surface area contributed by atoms with Crippen LogP contribution in [-0.4, -0.2) is 46.4 Å². The molecule has 0 bridgehead atoms. The van der Waals surface area contributed by atoms with Crippen LogP contribution in [-0.2, 0) is 16.2 Å². The zero-order chi connectivity index (χ0) is 22.9. The first kappa shape index (κ1) is 22.3. The molecule has 0 aliphatic carbocycles. The second-order valence-electron chi connectivity index (χ2n) is 7.74. The van der Waals surface area contributed by atoms with Crippen molar-refractivity contribution in [2.24, 2.45) is 5.92 Å². The summed E-state index contributed by atoms with van der Waals surface area (Å²) in [6, 6.07) is 16.5. The smallest absolute Gasteiger partial charge is 0.260 e. The van der Waals surface area contributed by atoms with E-state index < -0.39 is 0 Å². The number of likely N-dealkylation sites (tertiary alicyclic amines) is 1. The van der Waals surface area contributed by atoms with E-state index in [1.54, 1.807) is 35.6 Å². The number of nitrogens with one attached hydrogen (secondary N) is 1. The van der Waals surface area contributed by atoms with Crippen LogP contribution in [0.5, 0.6) is 11.5 Å². The summed E-state index contributed by atoms with van der Waals surface area (Å²) < 4.78 is 11.4. The van der Waals surface area contributed by atoms with E-state index in [-0.39, 0.29) is 24.3 Å². The van der Waals surface area contributed by atoms with Gasteiger partial charge < -0.3 is 19.7 Å². The molecule has 1 saturated heterocycles. The summed E-state index contributed by atoms with van der Waals surface area (Å²) in [6.07, 6.45) is 6.19. The number of benzene rings is 1. The number of hydrogen-bond acceptors (Lipinski definition) is 6. The Labute approximate surface area is 192 Å². The Kier molecular flexibility index (Phi) is 7.48.